The fourth-order valence-electron chi connectivity index (χ4n) is 2.12. The molecule has 0 radical (unpaired) electrons. The van der Waals surface area contributed by atoms with Crippen LogP contribution in [0.15, 0.2) is 41.0 Å². The number of benzene rings is 1. The van der Waals surface area contributed by atoms with Gasteiger partial charge in [-0.1, -0.05) is 0 Å². The van der Waals surface area contributed by atoms with Gasteiger partial charge in [0.05, 0.1) is 12.9 Å². The van der Waals surface area contributed by atoms with Gasteiger partial charge in [-0.25, -0.2) is 4.39 Å². The van der Waals surface area contributed by atoms with Crippen LogP contribution in [0.3, 0.4) is 0 Å². The van der Waals surface area contributed by atoms with E-state index in [9.17, 15) is 4.39 Å². The van der Waals surface area contributed by atoms with Gasteiger partial charge in [0.25, 0.3) is 0 Å². The highest BCUT2D eigenvalue weighted by molar-refractivity contribution is 5.37. The molecule has 0 saturated carbocycles. The summed E-state index contributed by atoms with van der Waals surface area (Å²) < 4.78 is 24.3. The highest BCUT2D eigenvalue weighted by atomic mass is 19.1. The minimum Gasteiger partial charge on any atom is -0.494 e. The molecule has 0 aliphatic carbocycles. The van der Waals surface area contributed by atoms with E-state index in [1.807, 2.05) is 19.1 Å². The Kier molecular flexibility index (Phi) is 4.58. The SMILES string of the molecule is CCOc1ccc(F)cc1C(CN)Cc1ccco1. The molecule has 19 heavy (non-hydrogen) atoms. The number of rotatable bonds is 6. The molecule has 0 saturated heterocycles. The quantitative estimate of drug-likeness (QED) is 0.871. The predicted molar refractivity (Wildman–Crippen MR) is 71.8 cm³/mol. The number of furan rings is 1. The molecule has 2 N–H and O–H groups in total. The van der Waals surface area contributed by atoms with E-state index in [2.05, 4.69) is 0 Å². The van der Waals surface area contributed by atoms with Gasteiger partial charge < -0.3 is 14.9 Å². The van der Waals surface area contributed by atoms with Gasteiger partial charge in [-0.2, -0.15) is 0 Å². The van der Waals surface area contributed by atoms with Crippen molar-refractivity contribution in [2.45, 2.75) is 19.3 Å². The van der Waals surface area contributed by atoms with E-state index in [0.717, 1.165) is 11.3 Å². The lowest BCUT2D eigenvalue weighted by Crippen LogP contribution is -2.16. The molecular formula is C15H18FNO2. The van der Waals surface area contributed by atoms with Gasteiger partial charge in [0, 0.05) is 17.9 Å². The second-order valence-electron chi connectivity index (χ2n) is 4.33. The van der Waals surface area contributed by atoms with E-state index in [-0.39, 0.29) is 11.7 Å². The van der Waals surface area contributed by atoms with Gasteiger partial charge in [-0.05, 0) is 43.8 Å². The molecule has 0 fully saturated rings. The first-order valence-corrected chi connectivity index (χ1v) is 6.39. The van der Waals surface area contributed by atoms with Crippen LogP contribution >= 0.6 is 0 Å². The van der Waals surface area contributed by atoms with Crippen LogP contribution in [0.5, 0.6) is 5.75 Å². The van der Waals surface area contributed by atoms with Crippen LogP contribution in [0.4, 0.5) is 4.39 Å². The van der Waals surface area contributed by atoms with Crippen molar-refractivity contribution in [1.82, 2.24) is 0 Å². The summed E-state index contributed by atoms with van der Waals surface area (Å²) in [5.41, 5.74) is 6.61. The van der Waals surface area contributed by atoms with Crippen molar-refractivity contribution in [1.29, 1.82) is 0 Å². The Labute approximate surface area is 112 Å². The molecule has 102 valence electrons. The fourth-order valence-corrected chi connectivity index (χ4v) is 2.12. The molecule has 3 nitrogen and oxygen atoms in total. The van der Waals surface area contributed by atoms with Gasteiger partial charge in [-0.15, -0.1) is 0 Å². The maximum atomic E-state index is 13.4. The zero-order valence-corrected chi connectivity index (χ0v) is 10.9. The molecule has 0 bridgehead atoms. The van der Waals surface area contributed by atoms with Crippen molar-refractivity contribution in [3.63, 3.8) is 0 Å². The molecule has 2 rings (SSSR count). The van der Waals surface area contributed by atoms with Crippen LogP contribution in [-0.4, -0.2) is 13.2 Å². The summed E-state index contributed by atoms with van der Waals surface area (Å²) in [7, 11) is 0. The summed E-state index contributed by atoms with van der Waals surface area (Å²) in [5, 5.41) is 0. The summed E-state index contributed by atoms with van der Waals surface area (Å²) in [5.74, 6) is 1.22. The lowest BCUT2D eigenvalue weighted by Gasteiger charge is -2.18. The molecule has 1 atom stereocenters. The lowest BCUT2D eigenvalue weighted by molar-refractivity contribution is 0.332. The third-order valence-corrected chi connectivity index (χ3v) is 3.02. The standard InChI is InChI=1S/C15H18FNO2/c1-2-18-15-6-5-12(16)9-14(15)11(10-17)8-13-4-3-7-19-13/h3-7,9,11H,2,8,10,17H2,1H3. The van der Waals surface area contributed by atoms with Crippen molar-refractivity contribution in [3.8, 4) is 5.75 Å². The summed E-state index contributed by atoms with van der Waals surface area (Å²) in [6.45, 7) is 2.85. The smallest absolute Gasteiger partial charge is 0.123 e. The van der Waals surface area contributed by atoms with Crippen LogP contribution in [0.25, 0.3) is 0 Å². The van der Waals surface area contributed by atoms with E-state index in [1.54, 1.807) is 12.3 Å². The summed E-state index contributed by atoms with van der Waals surface area (Å²) in [4.78, 5) is 0. The minimum absolute atomic E-state index is 0.0246. The fraction of sp³-hybridized carbons (Fsp3) is 0.333. The molecule has 0 aliphatic rings. The molecule has 0 spiro atoms. The minimum atomic E-state index is -0.281. The number of hydrogen-bond donors (Lipinski definition) is 1. The number of ether oxygens (including phenoxy) is 1. The maximum Gasteiger partial charge on any atom is 0.123 e. The highest BCUT2D eigenvalue weighted by Crippen LogP contribution is 2.30. The number of nitrogens with two attached hydrogens (primary N) is 1. The summed E-state index contributed by atoms with van der Waals surface area (Å²) in [6, 6.07) is 8.26. The van der Waals surface area contributed by atoms with E-state index < -0.39 is 0 Å². The second-order valence-corrected chi connectivity index (χ2v) is 4.33. The largest absolute Gasteiger partial charge is 0.494 e. The molecule has 0 aliphatic heterocycles. The molecule has 1 aromatic carbocycles. The molecule has 2 aromatic rings. The Balaban J connectivity index is 2.28. The molecule has 0 amide bonds. The maximum absolute atomic E-state index is 13.4. The van der Waals surface area contributed by atoms with Crippen LogP contribution in [-0.2, 0) is 6.42 Å². The predicted octanol–water partition coefficient (Wildman–Crippen LogP) is 3.10. The Morgan fingerprint density at radius 3 is 2.84 bits per heavy atom. The van der Waals surface area contributed by atoms with Crippen molar-refractivity contribution >= 4 is 0 Å². The Morgan fingerprint density at radius 2 is 2.21 bits per heavy atom. The van der Waals surface area contributed by atoms with Crippen LogP contribution in [0.2, 0.25) is 0 Å². The van der Waals surface area contributed by atoms with Crippen molar-refractivity contribution in [3.05, 3.63) is 53.7 Å². The number of hydrogen-bond acceptors (Lipinski definition) is 3. The average Bonchev–Trinajstić information content (AvgIpc) is 2.91. The van der Waals surface area contributed by atoms with E-state index >= 15 is 0 Å². The van der Waals surface area contributed by atoms with Gasteiger partial charge in [0.1, 0.15) is 17.3 Å². The third kappa shape index (κ3) is 3.35. The molecular weight excluding hydrogens is 245 g/mol. The van der Waals surface area contributed by atoms with Crippen LogP contribution < -0.4 is 10.5 Å². The summed E-state index contributed by atoms with van der Waals surface area (Å²) in [6.07, 6.45) is 2.25. The Hall–Kier alpha value is -1.81. The van der Waals surface area contributed by atoms with Gasteiger partial charge in [0.15, 0.2) is 0 Å². The van der Waals surface area contributed by atoms with Crippen LogP contribution in [0.1, 0.15) is 24.2 Å². The van der Waals surface area contributed by atoms with Gasteiger partial charge >= 0.3 is 0 Å². The molecule has 1 heterocycles. The first-order chi connectivity index (χ1) is 9.24. The highest BCUT2D eigenvalue weighted by Gasteiger charge is 2.17. The van der Waals surface area contributed by atoms with E-state index in [0.29, 0.717) is 25.3 Å². The normalized spacial score (nSPS) is 12.4. The average molecular weight is 263 g/mol. The topological polar surface area (TPSA) is 48.4 Å². The third-order valence-electron chi connectivity index (χ3n) is 3.02. The van der Waals surface area contributed by atoms with Crippen molar-refractivity contribution in [2.24, 2.45) is 5.73 Å². The molecule has 1 unspecified atom stereocenters. The lowest BCUT2D eigenvalue weighted by atomic mass is 9.93. The van der Waals surface area contributed by atoms with Crippen LogP contribution in [0, 0.1) is 5.82 Å². The van der Waals surface area contributed by atoms with Gasteiger partial charge in [-0.3, -0.25) is 0 Å². The Bertz CT molecular complexity index is 511. The molecule has 4 heteroatoms. The summed E-state index contributed by atoms with van der Waals surface area (Å²) >= 11 is 0. The van der Waals surface area contributed by atoms with Crippen molar-refractivity contribution in [2.75, 3.05) is 13.2 Å². The Morgan fingerprint density at radius 1 is 1.37 bits per heavy atom. The van der Waals surface area contributed by atoms with E-state index in [1.165, 1.54) is 12.1 Å². The number of halogens is 1. The van der Waals surface area contributed by atoms with Gasteiger partial charge in [0.2, 0.25) is 0 Å². The first kappa shape index (κ1) is 13.6. The zero-order chi connectivity index (χ0) is 13.7. The first-order valence-electron chi connectivity index (χ1n) is 6.39. The van der Waals surface area contributed by atoms with E-state index in [4.69, 9.17) is 14.9 Å². The van der Waals surface area contributed by atoms with Crippen molar-refractivity contribution < 1.29 is 13.5 Å². The zero-order valence-electron chi connectivity index (χ0n) is 10.9. The second kappa shape index (κ2) is 6.38. The molecule has 1 aromatic heterocycles. The monoisotopic (exact) mass is 263 g/mol.